The molecule has 1 amide bonds. The lowest BCUT2D eigenvalue weighted by Crippen LogP contribution is -2.33. The van der Waals surface area contributed by atoms with Gasteiger partial charge in [-0.05, 0) is 51.4 Å². The molecule has 35 heavy (non-hydrogen) atoms. The summed E-state index contributed by atoms with van der Waals surface area (Å²) in [5.74, 6) is 0.801. The zero-order valence-electron chi connectivity index (χ0n) is 22.0. The SMILES string of the molecule is CCN(CC)CCCC(C)NC(=O)CCCSc1nc(COC)c(Cc2ccccc2)c(=O)n1C. The minimum Gasteiger partial charge on any atom is -0.378 e. The molecule has 8 heteroatoms. The Morgan fingerprint density at radius 3 is 2.57 bits per heavy atom. The smallest absolute Gasteiger partial charge is 0.257 e. The number of aromatic nitrogens is 2. The molecule has 0 bridgehead atoms. The Hall–Kier alpha value is -2.16. The van der Waals surface area contributed by atoms with Crippen molar-refractivity contribution >= 4 is 17.7 Å². The molecule has 1 heterocycles. The van der Waals surface area contributed by atoms with E-state index < -0.39 is 0 Å². The molecule has 0 fully saturated rings. The predicted molar refractivity (Wildman–Crippen MR) is 144 cm³/mol. The summed E-state index contributed by atoms with van der Waals surface area (Å²) >= 11 is 1.51. The molecule has 0 saturated carbocycles. The van der Waals surface area contributed by atoms with Crippen molar-refractivity contribution in [1.82, 2.24) is 19.8 Å². The second-order valence-corrected chi connectivity index (χ2v) is 9.93. The fraction of sp³-hybridized carbons (Fsp3) is 0.593. The first-order valence-corrected chi connectivity index (χ1v) is 13.6. The quantitative estimate of drug-likeness (QED) is 0.212. The Labute approximate surface area is 214 Å². The van der Waals surface area contributed by atoms with E-state index in [2.05, 4.69) is 31.0 Å². The van der Waals surface area contributed by atoms with Gasteiger partial charge in [-0.2, -0.15) is 0 Å². The molecular weight excluding hydrogens is 460 g/mol. The summed E-state index contributed by atoms with van der Waals surface area (Å²) in [6.45, 7) is 9.93. The van der Waals surface area contributed by atoms with Crippen molar-refractivity contribution in [3.8, 4) is 0 Å². The van der Waals surface area contributed by atoms with Gasteiger partial charge in [-0.3, -0.25) is 14.2 Å². The molecule has 7 nitrogen and oxygen atoms in total. The van der Waals surface area contributed by atoms with Gasteiger partial charge in [0.15, 0.2) is 5.16 Å². The van der Waals surface area contributed by atoms with E-state index in [4.69, 9.17) is 9.72 Å². The number of nitrogens with zero attached hydrogens (tertiary/aromatic N) is 3. The summed E-state index contributed by atoms with van der Waals surface area (Å²) < 4.78 is 6.94. The molecule has 0 spiro atoms. The van der Waals surface area contributed by atoms with Gasteiger partial charge in [0.1, 0.15) is 0 Å². The first kappa shape index (κ1) is 29.1. The normalized spacial score (nSPS) is 12.2. The number of thioether (sulfide) groups is 1. The van der Waals surface area contributed by atoms with Crippen LogP contribution in [0.25, 0.3) is 0 Å². The molecule has 194 valence electrons. The van der Waals surface area contributed by atoms with Crippen molar-refractivity contribution in [1.29, 1.82) is 0 Å². The maximum Gasteiger partial charge on any atom is 0.257 e. The van der Waals surface area contributed by atoms with Crippen molar-refractivity contribution in [3.63, 3.8) is 0 Å². The minimum absolute atomic E-state index is 0.0466. The lowest BCUT2D eigenvalue weighted by molar-refractivity contribution is -0.121. The number of methoxy groups -OCH3 is 1. The van der Waals surface area contributed by atoms with Gasteiger partial charge in [0.25, 0.3) is 5.56 Å². The molecule has 0 saturated heterocycles. The number of nitrogens with one attached hydrogen (secondary N) is 1. The van der Waals surface area contributed by atoms with Crippen LogP contribution in [0.2, 0.25) is 0 Å². The average Bonchev–Trinajstić information content (AvgIpc) is 2.85. The van der Waals surface area contributed by atoms with Gasteiger partial charge in [0.2, 0.25) is 5.91 Å². The number of carbonyl (C=O) groups excluding carboxylic acids is 1. The largest absolute Gasteiger partial charge is 0.378 e. The van der Waals surface area contributed by atoms with E-state index in [9.17, 15) is 9.59 Å². The number of carbonyl (C=O) groups is 1. The summed E-state index contributed by atoms with van der Waals surface area (Å²) in [6.07, 6.45) is 3.79. The molecule has 2 rings (SSSR count). The standard InChI is InChI=1S/C27H42N4O3S/c1-6-31(7-2)17-11-13-21(3)28-25(32)16-12-18-35-27-29-24(20-34-5)23(26(33)30(27)4)19-22-14-9-8-10-15-22/h8-10,14-15,21H,6-7,11-13,16-20H2,1-5H3,(H,28,32). The Balaban J connectivity index is 1.86. The number of hydrogen-bond donors (Lipinski definition) is 1. The Morgan fingerprint density at radius 1 is 1.20 bits per heavy atom. The van der Waals surface area contributed by atoms with E-state index in [1.54, 1.807) is 18.7 Å². The van der Waals surface area contributed by atoms with Gasteiger partial charge in [0.05, 0.1) is 12.3 Å². The van der Waals surface area contributed by atoms with Crippen LogP contribution < -0.4 is 10.9 Å². The van der Waals surface area contributed by atoms with Crippen LogP contribution in [-0.2, 0) is 29.6 Å². The van der Waals surface area contributed by atoms with E-state index in [1.165, 1.54) is 11.8 Å². The number of ether oxygens (including phenoxy) is 1. The van der Waals surface area contributed by atoms with Crippen LogP contribution in [-0.4, -0.2) is 58.9 Å². The summed E-state index contributed by atoms with van der Waals surface area (Å²) in [6, 6.07) is 10.1. The highest BCUT2D eigenvalue weighted by Gasteiger charge is 2.16. The fourth-order valence-corrected chi connectivity index (χ4v) is 4.93. The van der Waals surface area contributed by atoms with Gasteiger partial charge in [-0.25, -0.2) is 4.98 Å². The van der Waals surface area contributed by atoms with Crippen LogP contribution >= 0.6 is 11.8 Å². The molecule has 0 radical (unpaired) electrons. The summed E-state index contributed by atoms with van der Waals surface area (Å²) in [4.78, 5) is 32.6. The lowest BCUT2D eigenvalue weighted by Gasteiger charge is -2.19. The third kappa shape index (κ3) is 9.78. The highest BCUT2D eigenvalue weighted by Crippen LogP contribution is 2.19. The third-order valence-electron chi connectivity index (χ3n) is 6.13. The first-order valence-electron chi connectivity index (χ1n) is 12.7. The third-order valence-corrected chi connectivity index (χ3v) is 7.24. The molecular formula is C27H42N4O3S. The van der Waals surface area contributed by atoms with Gasteiger partial charge in [-0.1, -0.05) is 55.9 Å². The molecule has 1 atom stereocenters. The molecule has 0 aliphatic heterocycles. The summed E-state index contributed by atoms with van der Waals surface area (Å²) in [5.41, 5.74) is 2.37. The lowest BCUT2D eigenvalue weighted by atomic mass is 10.0. The zero-order chi connectivity index (χ0) is 25.6. The Bertz CT molecular complexity index is 961. The zero-order valence-corrected chi connectivity index (χ0v) is 22.8. The number of benzene rings is 1. The molecule has 1 N–H and O–H groups in total. The first-order chi connectivity index (χ1) is 16.9. The maximum atomic E-state index is 13.1. The van der Waals surface area contributed by atoms with Crippen LogP contribution in [0, 0.1) is 0 Å². The minimum atomic E-state index is -0.0466. The van der Waals surface area contributed by atoms with Gasteiger partial charge >= 0.3 is 0 Å². The molecule has 1 aromatic carbocycles. The molecule has 0 aliphatic carbocycles. The van der Waals surface area contributed by atoms with Crippen LogP contribution in [0.15, 0.2) is 40.3 Å². The predicted octanol–water partition coefficient (Wildman–Crippen LogP) is 4.02. The van der Waals surface area contributed by atoms with Gasteiger partial charge in [0, 0.05) is 44.4 Å². The Kier molecular flexibility index (Phi) is 13.1. The monoisotopic (exact) mass is 502 g/mol. The fourth-order valence-electron chi connectivity index (χ4n) is 4.01. The van der Waals surface area contributed by atoms with Crippen molar-refractivity contribution in [2.24, 2.45) is 7.05 Å². The van der Waals surface area contributed by atoms with E-state index >= 15 is 0 Å². The van der Waals surface area contributed by atoms with Gasteiger partial charge in [-0.15, -0.1) is 0 Å². The number of amides is 1. The number of hydrogen-bond acceptors (Lipinski definition) is 6. The van der Waals surface area contributed by atoms with E-state index in [0.29, 0.717) is 41.6 Å². The van der Waals surface area contributed by atoms with Crippen molar-refractivity contribution in [2.45, 2.75) is 70.7 Å². The van der Waals surface area contributed by atoms with Crippen LogP contribution in [0.5, 0.6) is 0 Å². The van der Waals surface area contributed by atoms with Crippen molar-refractivity contribution in [3.05, 3.63) is 57.5 Å². The highest BCUT2D eigenvalue weighted by molar-refractivity contribution is 7.99. The Morgan fingerprint density at radius 2 is 1.91 bits per heavy atom. The summed E-state index contributed by atoms with van der Waals surface area (Å²) in [7, 11) is 3.37. The second kappa shape index (κ2) is 15.8. The highest BCUT2D eigenvalue weighted by atomic mass is 32.2. The molecule has 2 aromatic rings. The topological polar surface area (TPSA) is 76.5 Å². The van der Waals surface area contributed by atoms with E-state index in [1.807, 2.05) is 30.3 Å². The average molecular weight is 503 g/mol. The number of rotatable bonds is 16. The van der Waals surface area contributed by atoms with Crippen molar-refractivity contribution in [2.75, 3.05) is 32.5 Å². The van der Waals surface area contributed by atoms with Crippen LogP contribution in [0.1, 0.15) is 63.3 Å². The van der Waals surface area contributed by atoms with E-state index in [-0.39, 0.29) is 17.5 Å². The second-order valence-electron chi connectivity index (χ2n) is 8.87. The maximum absolute atomic E-state index is 13.1. The molecule has 0 aliphatic rings. The van der Waals surface area contributed by atoms with Gasteiger partial charge < -0.3 is 15.0 Å². The van der Waals surface area contributed by atoms with Crippen LogP contribution in [0.4, 0.5) is 0 Å². The van der Waals surface area contributed by atoms with Crippen molar-refractivity contribution < 1.29 is 9.53 Å². The van der Waals surface area contributed by atoms with Crippen LogP contribution in [0.3, 0.4) is 0 Å². The van der Waals surface area contributed by atoms with E-state index in [0.717, 1.165) is 44.5 Å². The summed E-state index contributed by atoms with van der Waals surface area (Å²) in [5, 5.41) is 3.77. The molecule has 1 unspecified atom stereocenters. The molecule has 1 aromatic heterocycles.